The zero-order valence-electron chi connectivity index (χ0n) is 12.4. The highest BCUT2D eigenvalue weighted by molar-refractivity contribution is 9.11. The molecule has 4 nitrogen and oxygen atoms in total. The molecule has 25 heavy (non-hydrogen) atoms. The van der Waals surface area contributed by atoms with Crippen LogP contribution in [0.25, 0.3) is 0 Å². The lowest BCUT2D eigenvalue weighted by atomic mass is 10.1. The predicted octanol–water partition coefficient (Wildman–Crippen LogP) is 5.03. The standard InChI is InChI=1S/C16H10Br2F3NO3/c17-11-5-6-13(12(18)7-11)22-14(23)8-25-15(24)9-1-3-10(4-2-9)16(19,20)21/h1-7H,8H2,(H,22,23). The second-order valence-corrected chi connectivity index (χ2v) is 6.59. The van der Waals surface area contributed by atoms with E-state index in [-0.39, 0.29) is 5.56 Å². The van der Waals surface area contributed by atoms with E-state index in [4.69, 9.17) is 4.74 Å². The van der Waals surface area contributed by atoms with E-state index in [1.54, 1.807) is 18.2 Å². The van der Waals surface area contributed by atoms with Crippen LogP contribution in [0.4, 0.5) is 18.9 Å². The Balaban J connectivity index is 1.92. The van der Waals surface area contributed by atoms with Gasteiger partial charge in [0.25, 0.3) is 5.91 Å². The van der Waals surface area contributed by atoms with Crippen molar-refractivity contribution in [1.82, 2.24) is 0 Å². The molecular weight excluding hydrogens is 471 g/mol. The van der Waals surface area contributed by atoms with E-state index in [0.29, 0.717) is 10.2 Å². The fourth-order valence-electron chi connectivity index (χ4n) is 1.79. The van der Waals surface area contributed by atoms with Crippen molar-refractivity contribution in [3.8, 4) is 0 Å². The number of rotatable bonds is 4. The van der Waals surface area contributed by atoms with Crippen molar-refractivity contribution >= 4 is 49.4 Å². The van der Waals surface area contributed by atoms with Gasteiger partial charge in [-0.3, -0.25) is 4.79 Å². The Kier molecular flexibility index (Phi) is 6.23. The molecule has 0 unspecified atom stereocenters. The molecule has 0 heterocycles. The van der Waals surface area contributed by atoms with Gasteiger partial charge >= 0.3 is 12.1 Å². The topological polar surface area (TPSA) is 55.4 Å². The zero-order chi connectivity index (χ0) is 18.6. The van der Waals surface area contributed by atoms with Gasteiger partial charge in [-0.05, 0) is 58.4 Å². The average molecular weight is 481 g/mol. The number of nitrogens with one attached hydrogen (secondary N) is 1. The van der Waals surface area contributed by atoms with Gasteiger partial charge in [0, 0.05) is 8.95 Å². The van der Waals surface area contributed by atoms with Crippen molar-refractivity contribution in [2.24, 2.45) is 0 Å². The second kappa shape index (κ2) is 8.01. The summed E-state index contributed by atoms with van der Waals surface area (Å²) in [6.07, 6.45) is -4.49. The van der Waals surface area contributed by atoms with Gasteiger partial charge in [-0.2, -0.15) is 13.2 Å². The van der Waals surface area contributed by atoms with E-state index in [1.807, 2.05) is 0 Å². The van der Waals surface area contributed by atoms with Crippen LogP contribution in [0, 0.1) is 0 Å². The molecule has 0 bridgehead atoms. The summed E-state index contributed by atoms with van der Waals surface area (Å²) in [4.78, 5) is 23.6. The Labute approximate surface area is 157 Å². The van der Waals surface area contributed by atoms with E-state index >= 15 is 0 Å². The minimum atomic E-state index is -4.49. The monoisotopic (exact) mass is 479 g/mol. The van der Waals surface area contributed by atoms with Crippen molar-refractivity contribution in [3.05, 3.63) is 62.5 Å². The molecule has 132 valence electrons. The van der Waals surface area contributed by atoms with Crippen LogP contribution in [0.15, 0.2) is 51.4 Å². The van der Waals surface area contributed by atoms with Crippen molar-refractivity contribution < 1.29 is 27.5 Å². The molecular formula is C16H10Br2F3NO3. The molecule has 9 heteroatoms. The SMILES string of the molecule is O=C(COC(=O)c1ccc(C(F)(F)F)cc1)Nc1ccc(Br)cc1Br. The first-order valence-corrected chi connectivity index (χ1v) is 8.34. The fraction of sp³-hybridized carbons (Fsp3) is 0.125. The molecule has 0 atom stereocenters. The lowest BCUT2D eigenvalue weighted by molar-refractivity contribution is -0.137. The van der Waals surface area contributed by atoms with Crippen LogP contribution in [0.3, 0.4) is 0 Å². The van der Waals surface area contributed by atoms with Crippen LogP contribution in [0.2, 0.25) is 0 Å². The molecule has 0 saturated heterocycles. The normalized spacial score (nSPS) is 11.1. The first kappa shape index (κ1) is 19.5. The molecule has 0 aromatic heterocycles. The zero-order valence-corrected chi connectivity index (χ0v) is 15.5. The van der Waals surface area contributed by atoms with Crippen molar-refractivity contribution in [2.45, 2.75) is 6.18 Å². The van der Waals surface area contributed by atoms with E-state index in [9.17, 15) is 22.8 Å². The van der Waals surface area contributed by atoms with Gasteiger partial charge in [0.1, 0.15) is 0 Å². The Morgan fingerprint density at radius 2 is 1.68 bits per heavy atom. The van der Waals surface area contributed by atoms with E-state index < -0.39 is 30.2 Å². The number of carbonyl (C=O) groups excluding carboxylic acids is 2. The maximum absolute atomic E-state index is 12.5. The van der Waals surface area contributed by atoms with Crippen LogP contribution in [-0.2, 0) is 15.7 Å². The third kappa shape index (κ3) is 5.57. The highest BCUT2D eigenvalue weighted by atomic mass is 79.9. The lowest BCUT2D eigenvalue weighted by Crippen LogP contribution is -2.21. The molecule has 0 aliphatic carbocycles. The molecule has 2 rings (SSSR count). The molecule has 2 aromatic carbocycles. The Hall–Kier alpha value is -1.87. The van der Waals surface area contributed by atoms with Gasteiger partial charge in [-0.1, -0.05) is 15.9 Å². The maximum atomic E-state index is 12.5. The molecule has 2 aromatic rings. The summed E-state index contributed by atoms with van der Waals surface area (Å²) in [5, 5.41) is 2.54. The fourth-order valence-corrected chi connectivity index (χ4v) is 2.93. The third-order valence-corrected chi connectivity index (χ3v) is 4.14. The molecule has 0 radical (unpaired) electrons. The number of hydrogen-bond acceptors (Lipinski definition) is 3. The Morgan fingerprint density at radius 3 is 2.24 bits per heavy atom. The summed E-state index contributed by atoms with van der Waals surface area (Å²) >= 11 is 6.54. The smallest absolute Gasteiger partial charge is 0.416 e. The maximum Gasteiger partial charge on any atom is 0.416 e. The second-order valence-electron chi connectivity index (χ2n) is 4.82. The number of alkyl halides is 3. The van der Waals surface area contributed by atoms with Gasteiger partial charge in [0.2, 0.25) is 0 Å². The minimum Gasteiger partial charge on any atom is -0.452 e. The molecule has 1 N–H and O–H groups in total. The third-order valence-electron chi connectivity index (χ3n) is 2.99. The van der Waals surface area contributed by atoms with Gasteiger partial charge in [0.05, 0.1) is 16.8 Å². The first-order valence-electron chi connectivity index (χ1n) is 6.76. The van der Waals surface area contributed by atoms with Crippen molar-refractivity contribution in [3.63, 3.8) is 0 Å². The first-order chi connectivity index (χ1) is 11.7. The largest absolute Gasteiger partial charge is 0.452 e. The van der Waals surface area contributed by atoms with Crippen LogP contribution in [-0.4, -0.2) is 18.5 Å². The number of anilines is 1. The predicted molar refractivity (Wildman–Crippen MR) is 92.2 cm³/mol. The van der Waals surface area contributed by atoms with E-state index in [1.165, 1.54) is 0 Å². The summed E-state index contributed by atoms with van der Waals surface area (Å²) in [5.41, 5.74) is -0.466. The van der Waals surface area contributed by atoms with Crippen LogP contribution >= 0.6 is 31.9 Å². The summed E-state index contributed by atoms with van der Waals surface area (Å²) in [5.74, 6) is -1.47. The van der Waals surface area contributed by atoms with Crippen LogP contribution in [0.1, 0.15) is 15.9 Å². The molecule has 1 amide bonds. The Morgan fingerprint density at radius 1 is 1.04 bits per heavy atom. The number of halogens is 5. The highest BCUT2D eigenvalue weighted by Gasteiger charge is 2.30. The van der Waals surface area contributed by atoms with Gasteiger partial charge in [-0.25, -0.2) is 4.79 Å². The number of ether oxygens (including phenoxy) is 1. The van der Waals surface area contributed by atoms with Gasteiger partial charge < -0.3 is 10.1 Å². The number of carbonyl (C=O) groups is 2. The van der Waals surface area contributed by atoms with Gasteiger partial charge in [-0.15, -0.1) is 0 Å². The molecule has 0 aliphatic rings. The van der Waals surface area contributed by atoms with Crippen molar-refractivity contribution in [1.29, 1.82) is 0 Å². The van der Waals surface area contributed by atoms with E-state index in [0.717, 1.165) is 28.7 Å². The molecule has 0 aliphatic heterocycles. The quantitative estimate of drug-likeness (QED) is 0.625. The number of esters is 1. The average Bonchev–Trinajstić information content (AvgIpc) is 2.54. The van der Waals surface area contributed by atoms with Crippen LogP contribution in [0.5, 0.6) is 0 Å². The summed E-state index contributed by atoms with van der Waals surface area (Å²) in [6, 6.07) is 8.62. The Bertz CT molecular complexity index is 792. The number of amides is 1. The molecule has 0 spiro atoms. The van der Waals surface area contributed by atoms with Crippen molar-refractivity contribution in [2.75, 3.05) is 11.9 Å². The summed E-state index contributed by atoms with van der Waals surface area (Å²) < 4.78 is 43.6. The molecule has 0 saturated carbocycles. The molecule has 0 fully saturated rings. The summed E-state index contributed by atoms with van der Waals surface area (Å²) in [6.45, 7) is -0.567. The number of benzene rings is 2. The lowest BCUT2D eigenvalue weighted by Gasteiger charge is -2.09. The van der Waals surface area contributed by atoms with Crippen LogP contribution < -0.4 is 5.32 Å². The highest BCUT2D eigenvalue weighted by Crippen LogP contribution is 2.29. The number of hydrogen-bond donors (Lipinski definition) is 1. The van der Waals surface area contributed by atoms with E-state index in [2.05, 4.69) is 37.2 Å². The minimum absolute atomic E-state index is 0.0781. The summed E-state index contributed by atoms with van der Waals surface area (Å²) in [7, 11) is 0. The van der Waals surface area contributed by atoms with Gasteiger partial charge in [0.15, 0.2) is 6.61 Å².